The lowest BCUT2D eigenvalue weighted by Gasteiger charge is -2.09. The Morgan fingerprint density at radius 2 is 2.07 bits per heavy atom. The third kappa shape index (κ3) is 3.06. The van der Waals surface area contributed by atoms with E-state index in [0.717, 1.165) is 11.1 Å². The predicted molar refractivity (Wildman–Crippen MR) is 58.8 cm³/mol. The van der Waals surface area contributed by atoms with Gasteiger partial charge in [-0.25, -0.2) is 0 Å². The van der Waals surface area contributed by atoms with Gasteiger partial charge in [0.05, 0.1) is 0 Å². The SMILES string of the molecule is Cc1c(Cl)nnc(NCCC(N)=O)c1C. The van der Waals surface area contributed by atoms with Gasteiger partial charge in [0.25, 0.3) is 0 Å². The first-order valence-electron chi connectivity index (χ1n) is 4.54. The molecule has 0 spiro atoms. The molecule has 0 unspecified atom stereocenters. The minimum absolute atomic E-state index is 0.267. The topological polar surface area (TPSA) is 80.9 Å². The number of nitrogens with zero attached hydrogens (tertiary/aromatic N) is 2. The highest BCUT2D eigenvalue weighted by Crippen LogP contribution is 2.20. The Kier molecular flexibility index (Phi) is 3.85. The summed E-state index contributed by atoms with van der Waals surface area (Å²) < 4.78 is 0. The van der Waals surface area contributed by atoms with Crippen LogP contribution in [0.5, 0.6) is 0 Å². The third-order valence-corrected chi connectivity index (χ3v) is 2.49. The van der Waals surface area contributed by atoms with Crippen molar-refractivity contribution >= 4 is 23.3 Å². The molecule has 0 saturated heterocycles. The van der Waals surface area contributed by atoms with Crippen LogP contribution in [0.2, 0.25) is 5.15 Å². The molecule has 0 aliphatic heterocycles. The van der Waals surface area contributed by atoms with E-state index in [2.05, 4.69) is 15.5 Å². The van der Waals surface area contributed by atoms with Crippen molar-refractivity contribution in [3.63, 3.8) is 0 Å². The van der Waals surface area contributed by atoms with Gasteiger partial charge < -0.3 is 11.1 Å². The van der Waals surface area contributed by atoms with Gasteiger partial charge in [-0.2, -0.15) is 0 Å². The summed E-state index contributed by atoms with van der Waals surface area (Å²) in [5, 5.41) is 11.0. The average Bonchev–Trinajstić information content (AvgIpc) is 2.18. The summed E-state index contributed by atoms with van der Waals surface area (Å²) >= 11 is 5.79. The molecular weight excluding hydrogens is 216 g/mol. The van der Waals surface area contributed by atoms with Crippen LogP contribution < -0.4 is 11.1 Å². The Bertz CT molecular complexity index is 381. The van der Waals surface area contributed by atoms with Crippen LogP contribution in [0.1, 0.15) is 17.5 Å². The van der Waals surface area contributed by atoms with Gasteiger partial charge in [-0.05, 0) is 25.0 Å². The summed E-state index contributed by atoms with van der Waals surface area (Å²) in [7, 11) is 0. The third-order valence-electron chi connectivity index (χ3n) is 2.13. The van der Waals surface area contributed by atoms with Crippen molar-refractivity contribution in [3.05, 3.63) is 16.3 Å². The van der Waals surface area contributed by atoms with Crippen LogP contribution in [0.3, 0.4) is 0 Å². The Balaban J connectivity index is 2.70. The molecule has 15 heavy (non-hydrogen) atoms. The maximum Gasteiger partial charge on any atom is 0.219 e. The normalized spacial score (nSPS) is 10.1. The lowest BCUT2D eigenvalue weighted by Crippen LogP contribution is -2.17. The first kappa shape index (κ1) is 11.7. The molecule has 6 heteroatoms. The molecule has 0 aliphatic carbocycles. The van der Waals surface area contributed by atoms with E-state index >= 15 is 0 Å². The van der Waals surface area contributed by atoms with E-state index in [-0.39, 0.29) is 12.3 Å². The molecule has 1 rings (SSSR count). The van der Waals surface area contributed by atoms with Crippen LogP contribution >= 0.6 is 11.6 Å². The molecule has 0 bridgehead atoms. The number of hydrogen-bond donors (Lipinski definition) is 2. The van der Waals surface area contributed by atoms with Crippen molar-refractivity contribution in [1.29, 1.82) is 0 Å². The highest BCUT2D eigenvalue weighted by molar-refractivity contribution is 6.30. The van der Waals surface area contributed by atoms with E-state index in [4.69, 9.17) is 17.3 Å². The first-order valence-corrected chi connectivity index (χ1v) is 4.91. The number of anilines is 1. The van der Waals surface area contributed by atoms with E-state index in [1.54, 1.807) is 0 Å². The summed E-state index contributed by atoms with van der Waals surface area (Å²) in [5.74, 6) is 0.289. The van der Waals surface area contributed by atoms with Crippen LogP contribution in [0.25, 0.3) is 0 Å². The highest BCUT2D eigenvalue weighted by atomic mass is 35.5. The van der Waals surface area contributed by atoms with E-state index in [9.17, 15) is 4.79 Å². The number of rotatable bonds is 4. The number of carbonyl (C=O) groups is 1. The van der Waals surface area contributed by atoms with Gasteiger partial charge in [0.15, 0.2) is 11.0 Å². The number of nitrogens with two attached hydrogens (primary N) is 1. The molecule has 0 saturated carbocycles. The zero-order valence-electron chi connectivity index (χ0n) is 8.67. The number of halogens is 1. The number of aromatic nitrogens is 2. The monoisotopic (exact) mass is 228 g/mol. The number of primary amides is 1. The fourth-order valence-corrected chi connectivity index (χ4v) is 1.23. The van der Waals surface area contributed by atoms with Crippen molar-refractivity contribution in [2.75, 3.05) is 11.9 Å². The van der Waals surface area contributed by atoms with Gasteiger partial charge >= 0.3 is 0 Å². The van der Waals surface area contributed by atoms with Crippen molar-refractivity contribution in [2.45, 2.75) is 20.3 Å². The summed E-state index contributed by atoms with van der Waals surface area (Å²) in [6.45, 7) is 4.21. The Morgan fingerprint density at radius 1 is 1.40 bits per heavy atom. The summed E-state index contributed by atoms with van der Waals surface area (Å²) in [6, 6.07) is 0. The molecule has 82 valence electrons. The molecular formula is C9H13ClN4O. The number of hydrogen-bond acceptors (Lipinski definition) is 4. The lowest BCUT2D eigenvalue weighted by atomic mass is 10.2. The van der Waals surface area contributed by atoms with Crippen molar-refractivity contribution < 1.29 is 4.79 Å². The molecule has 0 fully saturated rings. The zero-order chi connectivity index (χ0) is 11.4. The molecule has 1 heterocycles. The smallest absolute Gasteiger partial charge is 0.219 e. The largest absolute Gasteiger partial charge is 0.370 e. The second-order valence-electron chi connectivity index (χ2n) is 3.23. The van der Waals surface area contributed by atoms with Crippen LogP contribution in [0.15, 0.2) is 0 Å². The minimum atomic E-state index is -0.348. The molecule has 1 aromatic heterocycles. The molecule has 0 aliphatic rings. The highest BCUT2D eigenvalue weighted by Gasteiger charge is 2.07. The maximum absolute atomic E-state index is 10.5. The Morgan fingerprint density at radius 3 is 2.67 bits per heavy atom. The van der Waals surface area contributed by atoms with E-state index in [1.807, 2.05) is 13.8 Å². The Hall–Kier alpha value is -1.36. The second-order valence-corrected chi connectivity index (χ2v) is 3.59. The van der Waals surface area contributed by atoms with Gasteiger partial charge in [-0.3, -0.25) is 4.79 Å². The van der Waals surface area contributed by atoms with E-state index in [1.165, 1.54) is 0 Å². The van der Waals surface area contributed by atoms with E-state index < -0.39 is 0 Å². The molecule has 1 aromatic rings. The average molecular weight is 229 g/mol. The lowest BCUT2D eigenvalue weighted by molar-refractivity contribution is -0.117. The van der Waals surface area contributed by atoms with Gasteiger partial charge in [0, 0.05) is 13.0 Å². The molecule has 0 radical (unpaired) electrons. The van der Waals surface area contributed by atoms with Crippen molar-refractivity contribution in [1.82, 2.24) is 10.2 Å². The quantitative estimate of drug-likeness (QED) is 0.807. The van der Waals surface area contributed by atoms with Crippen LogP contribution in [-0.2, 0) is 4.79 Å². The number of carbonyl (C=O) groups excluding carboxylic acids is 1. The van der Waals surface area contributed by atoms with Crippen LogP contribution in [-0.4, -0.2) is 22.6 Å². The molecule has 3 N–H and O–H groups in total. The zero-order valence-corrected chi connectivity index (χ0v) is 9.43. The second kappa shape index (κ2) is 4.93. The fraction of sp³-hybridized carbons (Fsp3) is 0.444. The fourth-order valence-electron chi connectivity index (χ4n) is 1.05. The van der Waals surface area contributed by atoms with Crippen LogP contribution in [0.4, 0.5) is 5.82 Å². The van der Waals surface area contributed by atoms with E-state index in [0.29, 0.717) is 17.5 Å². The summed E-state index contributed by atoms with van der Waals surface area (Å²) in [4.78, 5) is 10.5. The molecule has 0 atom stereocenters. The van der Waals surface area contributed by atoms with Gasteiger partial charge in [-0.1, -0.05) is 11.6 Å². The summed E-state index contributed by atoms with van der Waals surface area (Å²) in [5.41, 5.74) is 6.83. The Labute approximate surface area is 93.0 Å². The minimum Gasteiger partial charge on any atom is -0.370 e. The van der Waals surface area contributed by atoms with Gasteiger partial charge in [-0.15, -0.1) is 10.2 Å². The molecule has 5 nitrogen and oxygen atoms in total. The van der Waals surface area contributed by atoms with Crippen molar-refractivity contribution in [3.8, 4) is 0 Å². The van der Waals surface area contributed by atoms with Gasteiger partial charge in [0.2, 0.25) is 5.91 Å². The predicted octanol–water partition coefficient (Wildman–Crippen LogP) is 1.03. The maximum atomic E-state index is 10.5. The first-order chi connectivity index (χ1) is 7.02. The standard InChI is InChI=1S/C9H13ClN4O/c1-5-6(2)9(14-13-8(5)10)12-4-3-7(11)15/h3-4H2,1-2H3,(H2,11,15)(H,12,14). The molecule has 1 amide bonds. The number of amides is 1. The van der Waals surface area contributed by atoms with Crippen molar-refractivity contribution in [2.24, 2.45) is 5.73 Å². The van der Waals surface area contributed by atoms with Gasteiger partial charge in [0.1, 0.15) is 0 Å². The molecule has 0 aromatic carbocycles. The van der Waals surface area contributed by atoms with Crippen LogP contribution in [0, 0.1) is 13.8 Å². The number of nitrogens with one attached hydrogen (secondary N) is 1. The summed E-state index contributed by atoms with van der Waals surface area (Å²) in [6.07, 6.45) is 0.267.